The molecule has 1 saturated carbocycles. The zero-order valence-electron chi connectivity index (χ0n) is 12.2. The van der Waals surface area contributed by atoms with Gasteiger partial charge >= 0.3 is 0 Å². The van der Waals surface area contributed by atoms with Crippen LogP contribution in [0.15, 0.2) is 36.4 Å². The van der Waals surface area contributed by atoms with Crippen molar-refractivity contribution in [3.05, 3.63) is 47.5 Å². The minimum Gasteiger partial charge on any atom is -0.355 e. The van der Waals surface area contributed by atoms with Crippen molar-refractivity contribution in [1.82, 2.24) is 5.32 Å². The number of allylic oxidation sites excluding steroid dienone is 1. The van der Waals surface area contributed by atoms with Crippen molar-refractivity contribution in [2.75, 3.05) is 6.54 Å². The molecule has 1 aliphatic carbocycles. The summed E-state index contributed by atoms with van der Waals surface area (Å²) in [6.07, 6.45) is 4.97. The van der Waals surface area contributed by atoms with E-state index in [0.29, 0.717) is 5.92 Å². The van der Waals surface area contributed by atoms with Crippen LogP contribution < -0.4 is 5.32 Å². The van der Waals surface area contributed by atoms with E-state index in [-0.39, 0.29) is 11.3 Å². The lowest BCUT2D eigenvalue weighted by Crippen LogP contribution is -2.36. The quantitative estimate of drug-likeness (QED) is 0.817. The average Bonchev–Trinajstić information content (AvgIpc) is 2.80. The first-order valence-corrected chi connectivity index (χ1v) is 7.69. The minimum absolute atomic E-state index is 0.186. The Balaban J connectivity index is 1.91. The lowest BCUT2D eigenvalue weighted by Gasteiger charge is -2.37. The normalized spacial score (nSPS) is 24.9. The van der Waals surface area contributed by atoms with Crippen LogP contribution in [0.25, 0.3) is 0 Å². The molecule has 2 fully saturated rings. The number of rotatable bonds is 2. The second kappa shape index (κ2) is 5.08. The van der Waals surface area contributed by atoms with Gasteiger partial charge in [0.25, 0.3) is 0 Å². The molecule has 1 N–H and O–H groups in total. The molecular formula is C18H23NO. The maximum absolute atomic E-state index is 12.4. The van der Waals surface area contributed by atoms with Crippen molar-refractivity contribution in [1.29, 1.82) is 0 Å². The van der Waals surface area contributed by atoms with Gasteiger partial charge in [-0.25, -0.2) is 0 Å². The summed E-state index contributed by atoms with van der Waals surface area (Å²) in [6.45, 7) is 7.04. The Morgan fingerprint density at radius 3 is 2.50 bits per heavy atom. The summed E-state index contributed by atoms with van der Waals surface area (Å²) in [5, 5.41) is 3.10. The van der Waals surface area contributed by atoms with Crippen LogP contribution in [0.2, 0.25) is 0 Å². The summed E-state index contributed by atoms with van der Waals surface area (Å²) in [7, 11) is 0. The van der Waals surface area contributed by atoms with Crippen molar-refractivity contribution in [3.8, 4) is 0 Å². The minimum atomic E-state index is -0.186. The summed E-state index contributed by atoms with van der Waals surface area (Å²) in [5.74, 6) is 0.587. The highest BCUT2D eigenvalue weighted by Crippen LogP contribution is 2.50. The van der Waals surface area contributed by atoms with Crippen molar-refractivity contribution in [2.24, 2.45) is 5.41 Å². The van der Waals surface area contributed by atoms with E-state index in [2.05, 4.69) is 43.1 Å². The van der Waals surface area contributed by atoms with Crippen molar-refractivity contribution in [3.63, 3.8) is 0 Å². The lowest BCUT2D eigenvalue weighted by atomic mass is 9.64. The van der Waals surface area contributed by atoms with E-state index in [9.17, 15) is 4.79 Å². The summed E-state index contributed by atoms with van der Waals surface area (Å²) in [5.41, 5.74) is 3.79. The molecule has 1 aromatic rings. The monoisotopic (exact) mass is 269 g/mol. The highest BCUT2D eigenvalue weighted by molar-refractivity contribution is 5.86. The molecule has 1 unspecified atom stereocenters. The Labute approximate surface area is 121 Å². The maximum atomic E-state index is 12.4. The molecule has 1 aliphatic heterocycles. The van der Waals surface area contributed by atoms with Gasteiger partial charge in [-0.1, -0.05) is 43.3 Å². The van der Waals surface area contributed by atoms with Gasteiger partial charge in [0.1, 0.15) is 0 Å². The Morgan fingerprint density at radius 2 is 1.90 bits per heavy atom. The zero-order chi connectivity index (χ0) is 14.2. The first kappa shape index (κ1) is 13.4. The molecule has 0 bridgehead atoms. The summed E-state index contributed by atoms with van der Waals surface area (Å²) >= 11 is 0. The molecule has 1 saturated heterocycles. The van der Waals surface area contributed by atoms with Crippen LogP contribution in [0.3, 0.4) is 0 Å². The van der Waals surface area contributed by atoms with E-state index in [1.54, 1.807) is 0 Å². The summed E-state index contributed by atoms with van der Waals surface area (Å²) in [6, 6.07) is 8.84. The van der Waals surface area contributed by atoms with Gasteiger partial charge < -0.3 is 5.32 Å². The topological polar surface area (TPSA) is 29.1 Å². The molecule has 106 valence electrons. The molecule has 0 radical (unpaired) electrons. The van der Waals surface area contributed by atoms with Gasteiger partial charge in [-0.3, -0.25) is 4.79 Å². The van der Waals surface area contributed by atoms with Crippen LogP contribution in [0.5, 0.6) is 0 Å². The summed E-state index contributed by atoms with van der Waals surface area (Å²) in [4.78, 5) is 12.4. The standard InChI is InChI=1S/C18H23NO/c1-3-14-4-6-15(7-5-14)16-12-19-17(20)18(16)10-8-13(2)9-11-18/h4-7,16H,2-3,8-12H2,1H3,(H,19,20). The van der Waals surface area contributed by atoms with Gasteiger partial charge in [0.05, 0.1) is 5.41 Å². The fraction of sp³-hybridized carbons (Fsp3) is 0.500. The number of benzene rings is 1. The van der Waals surface area contributed by atoms with Gasteiger partial charge in [0.2, 0.25) is 5.91 Å². The fourth-order valence-electron chi connectivity index (χ4n) is 3.77. The number of hydrogen-bond acceptors (Lipinski definition) is 1. The van der Waals surface area contributed by atoms with Gasteiger partial charge in [-0.05, 0) is 43.2 Å². The van der Waals surface area contributed by atoms with E-state index >= 15 is 0 Å². The van der Waals surface area contributed by atoms with Gasteiger partial charge in [-0.2, -0.15) is 0 Å². The Kier molecular flexibility index (Phi) is 3.41. The smallest absolute Gasteiger partial charge is 0.226 e. The molecule has 1 heterocycles. The van der Waals surface area contributed by atoms with Crippen molar-refractivity contribution in [2.45, 2.75) is 44.9 Å². The SMILES string of the molecule is C=C1CCC2(CC1)C(=O)NCC2c1ccc(CC)cc1. The number of amides is 1. The zero-order valence-corrected chi connectivity index (χ0v) is 12.2. The van der Waals surface area contributed by atoms with Crippen LogP contribution in [0.4, 0.5) is 0 Å². The van der Waals surface area contributed by atoms with E-state index < -0.39 is 0 Å². The van der Waals surface area contributed by atoms with Crippen LogP contribution >= 0.6 is 0 Å². The summed E-state index contributed by atoms with van der Waals surface area (Å²) < 4.78 is 0. The van der Waals surface area contributed by atoms with Gasteiger partial charge in [-0.15, -0.1) is 0 Å². The van der Waals surface area contributed by atoms with Gasteiger partial charge in [0.15, 0.2) is 0 Å². The predicted octanol–water partition coefficient (Wildman–Crippen LogP) is 3.58. The Morgan fingerprint density at radius 1 is 1.25 bits per heavy atom. The molecule has 20 heavy (non-hydrogen) atoms. The lowest BCUT2D eigenvalue weighted by molar-refractivity contribution is -0.129. The second-order valence-corrected chi connectivity index (χ2v) is 6.26. The predicted molar refractivity (Wildman–Crippen MR) is 81.6 cm³/mol. The Hall–Kier alpha value is -1.57. The van der Waals surface area contributed by atoms with Crippen molar-refractivity contribution >= 4 is 5.91 Å². The third-order valence-corrected chi connectivity index (χ3v) is 5.23. The second-order valence-electron chi connectivity index (χ2n) is 6.26. The highest BCUT2D eigenvalue weighted by atomic mass is 16.2. The first-order chi connectivity index (χ1) is 9.65. The van der Waals surface area contributed by atoms with Crippen LogP contribution in [0, 0.1) is 5.41 Å². The molecule has 1 atom stereocenters. The molecule has 1 amide bonds. The molecular weight excluding hydrogens is 246 g/mol. The maximum Gasteiger partial charge on any atom is 0.226 e. The first-order valence-electron chi connectivity index (χ1n) is 7.69. The largest absolute Gasteiger partial charge is 0.355 e. The van der Waals surface area contributed by atoms with E-state index in [0.717, 1.165) is 38.6 Å². The molecule has 2 nitrogen and oxygen atoms in total. The molecule has 0 aromatic heterocycles. The molecule has 2 aliphatic rings. The Bertz CT molecular complexity index is 519. The third-order valence-electron chi connectivity index (χ3n) is 5.23. The van der Waals surface area contributed by atoms with E-state index in [1.807, 2.05) is 0 Å². The van der Waals surface area contributed by atoms with Crippen LogP contribution in [-0.4, -0.2) is 12.5 Å². The molecule has 1 aromatic carbocycles. The van der Waals surface area contributed by atoms with Crippen LogP contribution in [0.1, 0.15) is 49.7 Å². The number of carbonyl (C=O) groups excluding carboxylic acids is 1. The fourth-order valence-corrected chi connectivity index (χ4v) is 3.77. The number of carbonyl (C=O) groups is 1. The van der Waals surface area contributed by atoms with Crippen LogP contribution in [-0.2, 0) is 11.2 Å². The third kappa shape index (κ3) is 2.07. The number of aryl methyl sites for hydroxylation is 1. The number of nitrogens with one attached hydrogen (secondary N) is 1. The highest BCUT2D eigenvalue weighted by Gasteiger charge is 2.51. The van der Waals surface area contributed by atoms with E-state index in [4.69, 9.17) is 0 Å². The molecule has 1 spiro atoms. The molecule has 2 heteroatoms. The average molecular weight is 269 g/mol. The number of hydrogen-bond donors (Lipinski definition) is 1. The molecule has 3 rings (SSSR count). The van der Waals surface area contributed by atoms with E-state index in [1.165, 1.54) is 16.7 Å². The van der Waals surface area contributed by atoms with Gasteiger partial charge in [0, 0.05) is 12.5 Å². The van der Waals surface area contributed by atoms with Crippen molar-refractivity contribution < 1.29 is 4.79 Å².